The van der Waals surface area contributed by atoms with Gasteiger partial charge in [0.1, 0.15) is 10.1 Å². The van der Waals surface area contributed by atoms with Crippen LogP contribution in [0, 0.1) is 13.8 Å². The normalized spacial score (nSPS) is 11.2. The Hall–Kier alpha value is -0.390. The van der Waals surface area contributed by atoms with E-state index in [0.29, 0.717) is 0 Å². The Morgan fingerprint density at radius 2 is 1.71 bits per heavy atom. The molecule has 0 atom stereocenters. The second kappa shape index (κ2) is 5.08. The Labute approximate surface area is 123 Å². The number of hydrogen-bond acceptors (Lipinski definition) is 3. The molecule has 0 aliphatic heterocycles. The molecule has 2 aromatic rings. The summed E-state index contributed by atoms with van der Waals surface area (Å²) >= 11 is 0. The maximum atomic E-state index is 10.9. The zero-order chi connectivity index (χ0) is 11.9. The van der Waals surface area contributed by atoms with Gasteiger partial charge in [-0.3, -0.25) is 0 Å². The molecule has 0 aliphatic rings. The first-order valence-corrected chi connectivity index (χ1v) is 6.26. The van der Waals surface area contributed by atoms with Crippen LogP contribution in [-0.4, -0.2) is 13.0 Å². The average molecular weight is 258 g/mol. The van der Waals surface area contributed by atoms with E-state index in [4.69, 9.17) is 0 Å². The third kappa shape index (κ3) is 3.09. The predicted octanol–water partition coefficient (Wildman–Crippen LogP) is -0.635. The summed E-state index contributed by atoms with van der Waals surface area (Å²) in [6.07, 6.45) is 0. The Balaban J connectivity index is 0.00000144. The van der Waals surface area contributed by atoms with Crippen LogP contribution in [0.1, 0.15) is 11.1 Å². The van der Waals surface area contributed by atoms with Crippen LogP contribution in [0.2, 0.25) is 0 Å². The van der Waals surface area contributed by atoms with Crippen LogP contribution >= 0.6 is 0 Å². The summed E-state index contributed by atoms with van der Waals surface area (Å²) in [7, 11) is -4.37. The molecule has 2 aromatic carbocycles. The van der Waals surface area contributed by atoms with Gasteiger partial charge in [0.25, 0.3) is 0 Å². The fourth-order valence-electron chi connectivity index (χ4n) is 1.86. The number of rotatable bonds is 1. The zero-order valence-electron chi connectivity index (χ0n) is 10.0. The molecule has 5 heteroatoms. The van der Waals surface area contributed by atoms with E-state index in [1.165, 1.54) is 12.1 Å². The number of fused-ring (bicyclic) bond motifs is 1. The Morgan fingerprint density at radius 3 is 2.29 bits per heavy atom. The Kier molecular flexibility index (Phi) is 4.38. The predicted molar refractivity (Wildman–Crippen MR) is 61.4 cm³/mol. The van der Waals surface area contributed by atoms with Gasteiger partial charge in [0, 0.05) is 0 Å². The topological polar surface area (TPSA) is 57.2 Å². The van der Waals surface area contributed by atoms with E-state index in [0.717, 1.165) is 21.9 Å². The van der Waals surface area contributed by atoms with Gasteiger partial charge in [-0.05, 0) is 42.3 Å². The Morgan fingerprint density at radius 1 is 1.06 bits per heavy atom. The smallest absolute Gasteiger partial charge is 0.744 e. The van der Waals surface area contributed by atoms with Crippen LogP contribution in [0.5, 0.6) is 0 Å². The molecule has 0 aliphatic carbocycles. The van der Waals surface area contributed by atoms with Gasteiger partial charge >= 0.3 is 29.6 Å². The van der Waals surface area contributed by atoms with Gasteiger partial charge in [0.15, 0.2) is 0 Å². The molecule has 84 valence electrons. The van der Waals surface area contributed by atoms with Crippen LogP contribution in [0.4, 0.5) is 0 Å². The summed E-state index contributed by atoms with van der Waals surface area (Å²) in [5.41, 5.74) is 2.09. The molecule has 0 saturated carbocycles. The largest absolute Gasteiger partial charge is 1.00 e. The third-order valence-corrected chi connectivity index (χ3v) is 3.40. The van der Waals surface area contributed by atoms with E-state index in [9.17, 15) is 13.0 Å². The van der Waals surface area contributed by atoms with E-state index >= 15 is 0 Å². The first-order valence-electron chi connectivity index (χ1n) is 4.85. The van der Waals surface area contributed by atoms with Crippen LogP contribution in [-0.2, 0) is 10.1 Å². The van der Waals surface area contributed by atoms with E-state index in [2.05, 4.69) is 0 Å². The number of hydrogen-bond donors (Lipinski definition) is 0. The molecular formula is C12H11NaO3S. The fraction of sp³-hybridized carbons (Fsp3) is 0.167. The molecule has 0 aromatic heterocycles. The molecule has 0 unspecified atom stereocenters. The summed E-state index contributed by atoms with van der Waals surface area (Å²) < 4.78 is 32.7. The van der Waals surface area contributed by atoms with Gasteiger partial charge < -0.3 is 4.55 Å². The van der Waals surface area contributed by atoms with Crippen LogP contribution in [0.3, 0.4) is 0 Å². The summed E-state index contributed by atoms with van der Waals surface area (Å²) in [5, 5.41) is 1.76. The minimum atomic E-state index is -4.37. The van der Waals surface area contributed by atoms with Crippen molar-refractivity contribution in [3.05, 3.63) is 41.5 Å². The van der Waals surface area contributed by atoms with E-state index < -0.39 is 10.1 Å². The monoisotopic (exact) mass is 258 g/mol. The zero-order valence-corrected chi connectivity index (χ0v) is 12.8. The van der Waals surface area contributed by atoms with E-state index in [-0.39, 0.29) is 34.5 Å². The molecule has 0 bridgehead atoms. The van der Waals surface area contributed by atoms with E-state index in [1.54, 1.807) is 6.07 Å². The molecule has 0 fully saturated rings. The molecule has 2 rings (SSSR count). The SMILES string of the molecule is Cc1cc(C)c2cc(S(=O)(=O)[O-])ccc2c1.[Na+]. The molecule has 3 nitrogen and oxygen atoms in total. The molecule has 0 spiro atoms. The molecule has 0 saturated heterocycles. The van der Waals surface area contributed by atoms with Gasteiger partial charge in [-0.2, -0.15) is 0 Å². The molecular weight excluding hydrogens is 247 g/mol. The van der Waals surface area contributed by atoms with Crippen LogP contribution in [0.25, 0.3) is 10.8 Å². The van der Waals surface area contributed by atoms with Crippen molar-refractivity contribution in [1.82, 2.24) is 0 Å². The number of aryl methyl sites for hydroxylation is 2. The minimum absolute atomic E-state index is 0. The first-order chi connectivity index (χ1) is 7.38. The molecule has 0 N–H and O–H groups in total. The van der Waals surface area contributed by atoms with Gasteiger partial charge in [0.2, 0.25) is 0 Å². The molecule has 17 heavy (non-hydrogen) atoms. The van der Waals surface area contributed by atoms with Crippen molar-refractivity contribution in [2.75, 3.05) is 0 Å². The standard InChI is InChI=1S/C12H12O3S.Na/c1-8-5-9(2)12-7-11(16(13,14)15)4-3-10(12)6-8;/h3-7H,1-2H3,(H,13,14,15);/q;+1/p-1. The maximum Gasteiger partial charge on any atom is 1.00 e. The first kappa shape index (κ1) is 14.7. The second-order valence-corrected chi connectivity index (χ2v) is 5.30. The molecule has 0 radical (unpaired) electrons. The van der Waals surface area contributed by atoms with Crippen molar-refractivity contribution in [3.63, 3.8) is 0 Å². The van der Waals surface area contributed by atoms with Crippen LogP contribution < -0.4 is 29.6 Å². The third-order valence-electron chi connectivity index (χ3n) is 2.57. The van der Waals surface area contributed by atoms with Crippen molar-refractivity contribution in [2.24, 2.45) is 0 Å². The van der Waals surface area contributed by atoms with Crippen molar-refractivity contribution in [3.8, 4) is 0 Å². The summed E-state index contributed by atoms with van der Waals surface area (Å²) in [4.78, 5) is -0.174. The summed E-state index contributed by atoms with van der Waals surface area (Å²) in [6, 6.07) is 8.38. The van der Waals surface area contributed by atoms with Crippen molar-refractivity contribution in [1.29, 1.82) is 0 Å². The fourth-order valence-corrected chi connectivity index (χ4v) is 2.36. The molecule has 0 amide bonds. The van der Waals surface area contributed by atoms with Crippen molar-refractivity contribution >= 4 is 20.9 Å². The van der Waals surface area contributed by atoms with Crippen molar-refractivity contribution in [2.45, 2.75) is 18.7 Å². The van der Waals surface area contributed by atoms with Crippen molar-refractivity contribution < 1.29 is 42.5 Å². The quantitative estimate of drug-likeness (QED) is 0.505. The van der Waals surface area contributed by atoms with E-state index in [1.807, 2.05) is 26.0 Å². The maximum absolute atomic E-state index is 10.9. The minimum Gasteiger partial charge on any atom is -0.744 e. The van der Waals surface area contributed by atoms with Gasteiger partial charge in [-0.1, -0.05) is 23.8 Å². The summed E-state index contributed by atoms with van der Waals surface area (Å²) in [6.45, 7) is 3.88. The Bertz CT molecular complexity index is 663. The van der Waals surface area contributed by atoms with Crippen LogP contribution in [0.15, 0.2) is 35.2 Å². The van der Waals surface area contributed by atoms with Gasteiger partial charge in [-0.25, -0.2) is 8.42 Å². The molecule has 0 heterocycles. The summed E-state index contributed by atoms with van der Waals surface area (Å²) in [5.74, 6) is 0. The number of benzene rings is 2. The second-order valence-electron chi connectivity index (χ2n) is 3.92. The van der Waals surface area contributed by atoms with Gasteiger partial charge in [-0.15, -0.1) is 0 Å². The average Bonchev–Trinajstić information content (AvgIpc) is 2.15. The van der Waals surface area contributed by atoms with Gasteiger partial charge in [0.05, 0.1) is 4.90 Å².